The van der Waals surface area contributed by atoms with Gasteiger partial charge in [0, 0.05) is 0 Å². The number of hydrogen-bond donors (Lipinski definition) is 10. The van der Waals surface area contributed by atoms with Crippen molar-refractivity contribution in [1.82, 2.24) is 0 Å². The molecule has 11 nitrogen and oxygen atoms in total. The van der Waals surface area contributed by atoms with Crippen LogP contribution in [-0.2, 0) is 26.0 Å². The zero-order valence-electron chi connectivity index (χ0n) is 32.7. The molecule has 2 rings (SSSR count). The van der Waals surface area contributed by atoms with Gasteiger partial charge < -0.3 is 50.6 Å². The zero-order valence-corrected chi connectivity index (χ0v) is 34.7. The maximum Gasteiger partial charge on any atom is 0.158 e. The number of aliphatic hydroxyl groups is 8. The highest BCUT2D eigenvalue weighted by atomic mass is 31.2. The van der Waals surface area contributed by atoms with Crippen LogP contribution in [0, 0.1) is 10.8 Å². The predicted molar refractivity (Wildman–Crippen MR) is 207 cm³/mol. The molecule has 0 saturated carbocycles. The summed E-state index contributed by atoms with van der Waals surface area (Å²) in [6.45, 7) is 22.2. The van der Waals surface area contributed by atoms with Gasteiger partial charge in [-0.05, 0) is 55.0 Å². The van der Waals surface area contributed by atoms with Gasteiger partial charge in [0.1, 0.15) is 0 Å². The molecule has 0 heterocycles. The first-order valence-electron chi connectivity index (χ1n) is 17.0. The molecule has 296 valence electrons. The van der Waals surface area contributed by atoms with Gasteiger partial charge in [-0.1, -0.05) is 119 Å². The fraction of sp³-hybridized carbons (Fsp3) is 0.684. The van der Waals surface area contributed by atoms with Crippen LogP contribution >= 0.6 is 18.1 Å². The fourth-order valence-electron chi connectivity index (χ4n) is 5.32. The SMILES string of the molecule is CC(C)(C)c1ccc(C(O)C(CO)(CO)CO)c(C(C)(C)C)c1.CC(C)(C)c1ccc(C(O)C(CO)(CO)CO)c(C(C)(C)C)c1.OPOPO. The molecule has 0 aliphatic rings. The topological polar surface area (TPSA) is 212 Å². The molecular formula is C38H68O11P2. The molecule has 51 heavy (non-hydrogen) atoms. The van der Waals surface area contributed by atoms with E-state index in [0.717, 1.165) is 22.3 Å². The van der Waals surface area contributed by atoms with Crippen LogP contribution in [0.15, 0.2) is 36.4 Å². The molecule has 0 saturated heterocycles. The fourth-order valence-corrected chi connectivity index (χ4v) is 5.48. The Labute approximate surface area is 309 Å². The highest BCUT2D eigenvalue weighted by molar-refractivity contribution is 7.39. The third-order valence-corrected chi connectivity index (χ3v) is 9.91. The van der Waals surface area contributed by atoms with Crippen LogP contribution < -0.4 is 0 Å². The Hall–Kier alpha value is -1.14. The first-order chi connectivity index (χ1) is 23.3. The first kappa shape index (κ1) is 49.9. The van der Waals surface area contributed by atoms with Gasteiger partial charge in [0.15, 0.2) is 18.1 Å². The Morgan fingerprint density at radius 1 is 0.471 bits per heavy atom. The number of aliphatic hydroxyl groups excluding tert-OH is 8. The maximum atomic E-state index is 10.8. The van der Waals surface area contributed by atoms with Crippen LogP contribution in [0.5, 0.6) is 0 Å². The van der Waals surface area contributed by atoms with E-state index in [0.29, 0.717) is 11.1 Å². The van der Waals surface area contributed by atoms with E-state index in [-0.39, 0.29) is 21.7 Å². The maximum absolute atomic E-state index is 10.8. The van der Waals surface area contributed by atoms with Crippen LogP contribution in [-0.4, -0.2) is 90.3 Å². The van der Waals surface area contributed by atoms with Crippen molar-refractivity contribution in [1.29, 1.82) is 0 Å². The van der Waals surface area contributed by atoms with E-state index in [1.54, 1.807) is 0 Å². The molecule has 0 radical (unpaired) electrons. The molecule has 0 fully saturated rings. The highest BCUT2D eigenvalue weighted by Crippen LogP contribution is 2.42. The Morgan fingerprint density at radius 2 is 0.725 bits per heavy atom. The van der Waals surface area contributed by atoms with Gasteiger partial charge >= 0.3 is 0 Å². The molecule has 0 amide bonds. The lowest BCUT2D eigenvalue weighted by Crippen LogP contribution is -2.41. The van der Waals surface area contributed by atoms with Gasteiger partial charge in [-0.15, -0.1) is 0 Å². The lowest BCUT2D eigenvalue weighted by Gasteiger charge is -2.36. The standard InChI is InChI=1S/2C19H32O4.H4O3P2/c2*1-17(2,3)13-7-8-14(15(9-13)18(4,5)6)16(23)19(10-20,11-21)12-22;1-4-3-5-2/h2*7-9,16,20-23H,10-12H2,1-6H3;1-2,4-5H. The van der Waals surface area contributed by atoms with Gasteiger partial charge in [0.2, 0.25) is 0 Å². The molecule has 0 aliphatic heterocycles. The first-order valence-corrected chi connectivity index (χ1v) is 18.7. The quantitative estimate of drug-likeness (QED) is 0.136. The summed E-state index contributed by atoms with van der Waals surface area (Å²) in [5, 5.41) is 79.2. The normalized spacial score (nSPS) is 14.7. The molecule has 2 aromatic carbocycles. The molecule has 0 aromatic heterocycles. The van der Waals surface area contributed by atoms with Crippen LogP contribution in [0.1, 0.15) is 129 Å². The van der Waals surface area contributed by atoms with E-state index in [9.17, 15) is 40.9 Å². The third kappa shape index (κ3) is 13.6. The van der Waals surface area contributed by atoms with Crippen molar-refractivity contribution in [3.63, 3.8) is 0 Å². The molecule has 0 aliphatic carbocycles. The lowest BCUT2D eigenvalue weighted by molar-refractivity contribution is -0.0861. The molecular weight excluding hydrogens is 694 g/mol. The van der Waals surface area contributed by atoms with Crippen LogP contribution in [0.2, 0.25) is 0 Å². The summed E-state index contributed by atoms with van der Waals surface area (Å²) >= 11 is 0. The second-order valence-corrected chi connectivity index (χ2v) is 18.5. The van der Waals surface area contributed by atoms with Crippen LogP contribution in [0.4, 0.5) is 0 Å². The van der Waals surface area contributed by atoms with Gasteiger partial charge in [-0.3, -0.25) is 4.31 Å². The molecule has 4 unspecified atom stereocenters. The Morgan fingerprint density at radius 3 is 0.882 bits per heavy atom. The number of hydrogen-bond acceptors (Lipinski definition) is 11. The average molecular weight is 763 g/mol. The van der Waals surface area contributed by atoms with Crippen molar-refractivity contribution in [2.75, 3.05) is 39.6 Å². The molecule has 10 N–H and O–H groups in total. The molecule has 13 heteroatoms. The van der Waals surface area contributed by atoms with Crippen molar-refractivity contribution < 1.29 is 54.9 Å². The summed E-state index contributed by atoms with van der Waals surface area (Å²) in [7, 11) is -1.16. The van der Waals surface area contributed by atoms with Crippen molar-refractivity contribution in [2.45, 2.75) is 117 Å². The summed E-state index contributed by atoms with van der Waals surface area (Å²) in [5.41, 5.74) is 2.30. The highest BCUT2D eigenvalue weighted by Gasteiger charge is 2.41. The van der Waals surface area contributed by atoms with Crippen LogP contribution in [0.3, 0.4) is 0 Å². The average Bonchev–Trinajstić information content (AvgIpc) is 3.05. The Balaban J connectivity index is 0.000000865. The van der Waals surface area contributed by atoms with Crippen LogP contribution in [0.25, 0.3) is 0 Å². The minimum atomic E-state index is -1.36. The zero-order chi connectivity index (χ0) is 40.2. The lowest BCUT2D eigenvalue weighted by atomic mass is 9.73. The van der Waals surface area contributed by atoms with E-state index in [1.807, 2.05) is 24.3 Å². The Kier molecular flexibility index (Phi) is 20.1. The summed E-state index contributed by atoms with van der Waals surface area (Å²) in [6, 6.07) is 11.8. The van der Waals surface area contributed by atoms with Crippen molar-refractivity contribution >= 4 is 18.1 Å². The van der Waals surface area contributed by atoms with E-state index < -0.39 is 80.7 Å². The Bertz CT molecular complexity index is 1180. The van der Waals surface area contributed by atoms with E-state index in [2.05, 4.69) is 99.5 Å². The monoisotopic (exact) mass is 762 g/mol. The van der Waals surface area contributed by atoms with Gasteiger partial charge in [0.05, 0.1) is 62.7 Å². The minimum absolute atomic E-state index is 0.0223. The van der Waals surface area contributed by atoms with Crippen molar-refractivity contribution in [3.8, 4) is 0 Å². The van der Waals surface area contributed by atoms with Gasteiger partial charge in [0.25, 0.3) is 0 Å². The second-order valence-electron chi connectivity index (χ2n) is 17.4. The number of benzene rings is 2. The largest absolute Gasteiger partial charge is 0.395 e. The van der Waals surface area contributed by atoms with E-state index >= 15 is 0 Å². The van der Waals surface area contributed by atoms with E-state index in [4.69, 9.17) is 9.79 Å². The third-order valence-electron chi connectivity index (χ3n) is 9.18. The summed E-state index contributed by atoms with van der Waals surface area (Å²) < 4.78 is 4.00. The predicted octanol–water partition coefficient (Wildman–Crippen LogP) is 4.56. The van der Waals surface area contributed by atoms with Gasteiger partial charge in [-0.25, -0.2) is 0 Å². The smallest absolute Gasteiger partial charge is 0.158 e. The van der Waals surface area contributed by atoms with Crippen molar-refractivity contribution in [2.24, 2.45) is 10.8 Å². The van der Waals surface area contributed by atoms with Gasteiger partial charge in [-0.2, -0.15) is 0 Å². The molecule has 0 spiro atoms. The molecule has 2 aromatic rings. The summed E-state index contributed by atoms with van der Waals surface area (Å²) in [6.07, 6.45) is -2.29. The number of rotatable bonds is 12. The second kappa shape index (κ2) is 20.5. The molecule has 4 atom stereocenters. The molecule has 0 bridgehead atoms. The van der Waals surface area contributed by atoms with Crippen molar-refractivity contribution in [3.05, 3.63) is 69.8 Å². The summed E-state index contributed by atoms with van der Waals surface area (Å²) in [5.74, 6) is 0. The minimum Gasteiger partial charge on any atom is -0.395 e. The summed E-state index contributed by atoms with van der Waals surface area (Å²) in [4.78, 5) is 15.4. The van der Waals surface area contributed by atoms with E-state index in [1.165, 1.54) is 0 Å².